The summed E-state index contributed by atoms with van der Waals surface area (Å²) in [5.74, 6) is -0.841. The van der Waals surface area contributed by atoms with Crippen molar-refractivity contribution >= 4 is 5.97 Å². The molecule has 3 heteroatoms. The molecule has 1 N–H and O–H groups in total. The number of carboxylic acids is 1. The van der Waals surface area contributed by atoms with E-state index in [1.54, 1.807) is 6.07 Å². The number of hydrogen-bond donors (Lipinski definition) is 1. The first-order valence-corrected chi connectivity index (χ1v) is 3.98. The van der Waals surface area contributed by atoms with Crippen molar-refractivity contribution < 1.29 is 31.0 Å². The van der Waals surface area contributed by atoms with Crippen LogP contribution in [0.4, 0.5) is 0 Å². The largest absolute Gasteiger partial charge is 0.478 e. The third kappa shape index (κ3) is 2.96. The molecule has 0 unspecified atom stereocenters. The van der Waals surface area contributed by atoms with E-state index in [1.165, 1.54) is 0 Å². The van der Waals surface area contributed by atoms with Crippen LogP contribution in [0, 0.1) is 6.92 Å². The van der Waals surface area contributed by atoms with Gasteiger partial charge in [0.1, 0.15) is 0 Å². The Morgan fingerprint density at radius 2 is 2.08 bits per heavy atom. The van der Waals surface area contributed by atoms with Crippen molar-refractivity contribution in [2.45, 2.75) is 20.3 Å². The summed E-state index contributed by atoms with van der Waals surface area (Å²) in [6.07, 6.45) is 0.767. The van der Waals surface area contributed by atoms with E-state index >= 15 is 0 Å². The van der Waals surface area contributed by atoms with Crippen molar-refractivity contribution in [2.75, 3.05) is 0 Å². The summed E-state index contributed by atoms with van der Waals surface area (Å²) in [6.45, 7) is 3.92. The van der Waals surface area contributed by atoms with Gasteiger partial charge in [0.05, 0.1) is 5.56 Å². The zero-order chi connectivity index (χ0) is 9.14. The number of carbonyl (C=O) groups is 1. The van der Waals surface area contributed by atoms with Gasteiger partial charge in [-0.05, 0) is 25.0 Å². The minimum Gasteiger partial charge on any atom is -0.478 e. The van der Waals surface area contributed by atoms with Crippen LogP contribution in [0.15, 0.2) is 18.2 Å². The maximum absolute atomic E-state index is 10.7. The molecular formula is C10H12O2W. The molecule has 0 aliphatic rings. The van der Waals surface area contributed by atoms with Gasteiger partial charge >= 0.3 is 5.97 Å². The topological polar surface area (TPSA) is 37.3 Å². The van der Waals surface area contributed by atoms with Gasteiger partial charge in [0.25, 0.3) is 0 Å². The second kappa shape index (κ2) is 5.18. The molecule has 0 aliphatic carbocycles. The molecule has 0 spiro atoms. The molecule has 0 bridgehead atoms. The number of aromatic carboxylic acids is 1. The zero-order valence-corrected chi connectivity index (χ0v) is 10.6. The van der Waals surface area contributed by atoms with Crippen LogP contribution in [0.5, 0.6) is 0 Å². The van der Waals surface area contributed by atoms with E-state index < -0.39 is 5.97 Å². The van der Waals surface area contributed by atoms with Crippen LogP contribution < -0.4 is 0 Å². The Morgan fingerprint density at radius 3 is 2.54 bits per heavy atom. The van der Waals surface area contributed by atoms with E-state index in [9.17, 15) is 4.79 Å². The van der Waals surface area contributed by atoms with Crippen LogP contribution in [0.25, 0.3) is 0 Å². The molecule has 0 atom stereocenters. The summed E-state index contributed by atoms with van der Waals surface area (Å²) in [7, 11) is 0. The van der Waals surface area contributed by atoms with Gasteiger partial charge in [0.2, 0.25) is 0 Å². The van der Waals surface area contributed by atoms with Gasteiger partial charge in [-0.2, -0.15) is 0 Å². The van der Waals surface area contributed by atoms with E-state index in [2.05, 4.69) is 0 Å². The molecule has 0 aromatic heterocycles. The van der Waals surface area contributed by atoms with Gasteiger partial charge in [0.15, 0.2) is 0 Å². The van der Waals surface area contributed by atoms with Crippen LogP contribution in [0.1, 0.15) is 28.4 Å². The van der Waals surface area contributed by atoms with E-state index in [4.69, 9.17) is 5.11 Å². The normalized spacial score (nSPS) is 9.08. The maximum Gasteiger partial charge on any atom is 0.335 e. The van der Waals surface area contributed by atoms with Crippen molar-refractivity contribution in [1.29, 1.82) is 0 Å². The minimum atomic E-state index is -0.841. The summed E-state index contributed by atoms with van der Waals surface area (Å²) in [5, 5.41) is 8.79. The van der Waals surface area contributed by atoms with E-state index in [1.807, 2.05) is 26.0 Å². The van der Waals surface area contributed by atoms with Crippen molar-refractivity contribution in [3.05, 3.63) is 34.9 Å². The van der Waals surface area contributed by atoms with Gasteiger partial charge in [-0.25, -0.2) is 4.79 Å². The molecule has 0 aliphatic heterocycles. The van der Waals surface area contributed by atoms with Crippen LogP contribution in [0.2, 0.25) is 0 Å². The summed E-state index contributed by atoms with van der Waals surface area (Å²) in [4.78, 5) is 10.7. The van der Waals surface area contributed by atoms with Crippen molar-refractivity contribution in [2.24, 2.45) is 0 Å². The molecule has 0 saturated carbocycles. The fraction of sp³-hybridized carbons (Fsp3) is 0.300. The quantitative estimate of drug-likeness (QED) is 0.890. The Kier molecular flexibility index (Phi) is 4.93. The van der Waals surface area contributed by atoms with Crippen LogP contribution in [-0.2, 0) is 27.5 Å². The summed E-state index contributed by atoms with van der Waals surface area (Å²) in [6, 6.07) is 5.41. The molecule has 70 valence electrons. The molecule has 0 amide bonds. The predicted octanol–water partition coefficient (Wildman–Crippen LogP) is 2.25. The zero-order valence-electron chi connectivity index (χ0n) is 7.70. The second-order valence-electron chi connectivity index (χ2n) is 2.82. The minimum absolute atomic E-state index is 0. The Labute approximate surface area is 92.2 Å². The summed E-state index contributed by atoms with van der Waals surface area (Å²) >= 11 is 0. The Hall–Kier alpha value is -0.622. The maximum atomic E-state index is 10.7. The molecule has 0 heterocycles. The van der Waals surface area contributed by atoms with Gasteiger partial charge in [-0.3, -0.25) is 0 Å². The Balaban J connectivity index is 0.00000144. The van der Waals surface area contributed by atoms with Gasteiger partial charge in [-0.15, -0.1) is 0 Å². The summed E-state index contributed by atoms with van der Waals surface area (Å²) < 4.78 is 0. The SMILES string of the molecule is CCc1cc(C)ccc1C(=O)O.[W]. The molecule has 0 fully saturated rings. The second-order valence-corrected chi connectivity index (χ2v) is 2.82. The van der Waals surface area contributed by atoms with Gasteiger partial charge < -0.3 is 5.11 Å². The first-order chi connectivity index (χ1) is 5.65. The van der Waals surface area contributed by atoms with Crippen molar-refractivity contribution in [3.8, 4) is 0 Å². The van der Waals surface area contributed by atoms with Crippen LogP contribution in [-0.4, -0.2) is 11.1 Å². The molecule has 1 aromatic rings. The van der Waals surface area contributed by atoms with E-state index in [-0.39, 0.29) is 21.1 Å². The molecule has 2 nitrogen and oxygen atoms in total. The smallest absolute Gasteiger partial charge is 0.335 e. The summed E-state index contributed by atoms with van der Waals surface area (Å²) in [5.41, 5.74) is 2.43. The third-order valence-electron chi connectivity index (χ3n) is 1.87. The van der Waals surface area contributed by atoms with Crippen LogP contribution >= 0.6 is 0 Å². The molecule has 0 radical (unpaired) electrons. The fourth-order valence-electron chi connectivity index (χ4n) is 1.22. The van der Waals surface area contributed by atoms with Crippen molar-refractivity contribution in [1.82, 2.24) is 0 Å². The molecule has 0 saturated heterocycles. The van der Waals surface area contributed by atoms with Crippen molar-refractivity contribution in [3.63, 3.8) is 0 Å². The average Bonchev–Trinajstić information content (AvgIpc) is 2.03. The molecular weight excluding hydrogens is 336 g/mol. The monoisotopic (exact) mass is 348 g/mol. The number of carboxylic acid groups (broad SMARTS) is 1. The molecule has 1 aromatic carbocycles. The van der Waals surface area contributed by atoms with E-state index in [0.717, 1.165) is 17.5 Å². The third-order valence-corrected chi connectivity index (χ3v) is 1.87. The number of aryl methyl sites for hydroxylation is 2. The number of hydrogen-bond acceptors (Lipinski definition) is 1. The fourth-order valence-corrected chi connectivity index (χ4v) is 1.22. The van der Waals surface area contributed by atoms with E-state index in [0.29, 0.717) is 5.56 Å². The van der Waals surface area contributed by atoms with Gasteiger partial charge in [-0.1, -0.05) is 24.6 Å². The van der Waals surface area contributed by atoms with Gasteiger partial charge in [0, 0.05) is 21.1 Å². The first kappa shape index (κ1) is 12.4. The average molecular weight is 348 g/mol. The Bertz CT molecular complexity index is 308. The Morgan fingerprint density at radius 1 is 1.46 bits per heavy atom. The number of benzene rings is 1. The predicted molar refractivity (Wildman–Crippen MR) is 47.5 cm³/mol. The first-order valence-electron chi connectivity index (χ1n) is 3.98. The van der Waals surface area contributed by atoms with Crippen LogP contribution in [0.3, 0.4) is 0 Å². The molecule has 13 heavy (non-hydrogen) atoms. The molecule has 1 rings (SSSR count). The number of rotatable bonds is 2. The standard InChI is InChI=1S/C10H12O2.W/c1-3-8-6-7(2)4-5-9(8)10(11)12;/h4-6H,3H2,1-2H3,(H,11,12);.